The second kappa shape index (κ2) is 4.85. The summed E-state index contributed by atoms with van der Waals surface area (Å²) in [5, 5.41) is 11.7. The van der Waals surface area contributed by atoms with E-state index in [2.05, 4.69) is 16.1 Å². The molecule has 0 radical (unpaired) electrons. The molecule has 1 rings (SSSR count). The van der Waals surface area contributed by atoms with Crippen molar-refractivity contribution in [2.45, 2.75) is 44.1 Å². The monoisotopic (exact) mass is 196 g/mol. The van der Waals surface area contributed by atoms with Gasteiger partial charge in [0, 0.05) is 0 Å². The number of alkyl carbamates (subject to hydrolysis) is 1. The average molecular weight is 196 g/mol. The first-order chi connectivity index (χ1) is 6.72. The first kappa shape index (κ1) is 10.8. The van der Waals surface area contributed by atoms with Crippen molar-refractivity contribution in [1.29, 1.82) is 5.26 Å². The Hall–Kier alpha value is -1.24. The number of carbonyl (C=O) groups excluding carboxylic acids is 1. The van der Waals surface area contributed by atoms with Crippen molar-refractivity contribution in [3.05, 3.63) is 0 Å². The summed E-state index contributed by atoms with van der Waals surface area (Å²) in [5.41, 5.74) is -0.691. The van der Waals surface area contributed by atoms with Crippen LogP contribution in [-0.4, -0.2) is 18.7 Å². The molecule has 78 valence electrons. The predicted molar refractivity (Wildman–Crippen MR) is 51.6 cm³/mol. The summed E-state index contributed by atoms with van der Waals surface area (Å²) in [5.74, 6) is 0. The number of hydrogen-bond acceptors (Lipinski definition) is 3. The van der Waals surface area contributed by atoms with Crippen molar-refractivity contribution >= 4 is 6.09 Å². The molecule has 0 aromatic rings. The fourth-order valence-corrected chi connectivity index (χ4v) is 1.84. The molecule has 0 spiro atoms. The molecule has 0 heterocycles. The van der Waals surface area contributed by atoms with Gasteiger partial charge in [-0.05, 0) is 12.8 Å². The van der Waals surface area contributed by atoms with Crippen LogP contribution in [0.15, 0.2) is 0 Å². The van der Waals surface area contributed by atoms with Gasteiger partial charge in [0.2, 0.25) is 0 Å². The van der Waals surface area contributed by atoms with Crippen LogP contribution < -0.4 is 5.32 Å². The summed E-state index contributed by atoms with van der Waals surface area (Å²) >= 11 is 0. The quantitative estimate of drug-likeness (QED) is 0.652. The molecule has 4 nitrogen and oxygen atoms in total. The van der Waals surface area contributed by atoms with Gasteiger partial charge in [-0.15, -0.1) is 0 Å². The third kappa shape index (κ3) is 2.63. The van der Waals surface area contributed by atoms with Gasteiger partial charge in [0.1, 0.15) is 5.54 Å². The smallest absolute Gasteiger partial charge is 0.408 e. The first-order valence-corrected chi connectivity index (χ1v) is 5.00. The maximum absolute atomic E-state index is 11.1. The van der Waals surface area contributed by atoms with Crippen LogP contribution in [0.2, 0.25) is 0 Å². The highest BCUT2D eigenvalue weighted by molar-refractivity contribution is 5.68. The van der Waals surface area contributed by atoms with Crippen LogP contribution in [-0.2, 0) is 4.74 Å². The molecule has 1 N–H and O–H groups in total. The summed E-state index contributed by atoms with van der Waals surface area (Å²) < 4.78 is 4.52. The number of carbonyl (C=O) groups is 1. The zero-order chi connectivity index (χ0) is 10.4. The lowest BCUT2D eigenvalue weighted by Crippen LogP contribution is -2.46. The maximum Gasteiger partial charge on any atom is 0.408 e. The number of rotatable bonds is 1. The largest absolute Gasteiger partial charge is 0.453 e. The SMILES string of the molecule is COC(=O)NC1(C#N)CCCCCC1. The lowest BCUT2D eigenvalue weighted by atomic mass is 9.92. The molecule has 4 heteroatoms. The van der Waals surface area contributed by atoms with Gasteiger partial charge in [-0.2, -0.15) is 5.26 Å². The molecule has 0 aliphatic heterocycles. The van der Waals surface area contributed by atoms with Crippen molar-refractivity contribution in [2.75, 3.05) is 7.11 Å². The molecule has 1 saturated carbocycles. The third-order valence-electron chi connectivity index (χ3n) is 2.70. The molecule has 0 aromatic carbocycles. The van der Waals surface area contributed by atoms with Crippen LogP contribution >= 0.6 is 0 Å². The van der Waals surface area contributed by atoms with Crippen molar-refractivity contribution in [3.8, 4) is 6.07 Å². The minimum atomic E-state index is -0.691. The minimum Gasteiger partial charge on any atom is -0.453 e. The van der Waals surface area contributed by atoms with E-state index in [1.54, 1.807) is 0 Å². The second-order valence-corrected chi connectivity index (χ2v) is 3.72. The van der Waals surface area contributed by atoms with E-state index in [0.717, 1.165) is 38.5 Å². The molecular weight excluding hydrogens is 180 g/mol. The Morgan fingerprint density at radius 1 is 1.36 bits per heavy atom. The van der Waals surface area contributed by atoms with Crippen molar-refractivity contribution in [2.24, 2.45) is 0 Å². The van der Waals surface area contributed by atoms with E-state index >= 15 is 0 Å². The third-order valence-corrected chi connectivity index (χ3v) is 2.70. The maximum atomic E-state index is 11.1. The molecule has 0 saturated heterocycles. The summed E-state index contributed by atoms with van der Waals surface area (Å²) in [4.78, 5) is 11.1. The van der Waals surface area contributed by atoms with Crippen molar-refractivity contribution < 1.29 is 9.53 Å². The van der Waals surface area contributed by atoms with Crippen LogP contribution in [0.3, 0.4) is 0 Å². The van der Waals surface area contributed by atoms with Gasteiger partial charge in [-0.25, -0.2) is 4.79 Å². The van der Waals surface area contributed by atoms with Crippen LogP contribution in [0.1, 0.15) is 38.5 Å². The highest BCUT2D eigenvalue weighted by Gasteiger charge is 2.32. The van der Waals surface area contributed by atoms with E-state index < -0.39 is 11.6 Å². The molecule has 0 aromatic heterocycles. The summed E-state index contributed by atoms with van der Waals surface area (Å²) in [6.07, 6.45) is 5.25. The second-order valence-electron chi connectivity index (χ2n) is 3.72. The Morgan fingerprint density at radius 2 is 1.93 bits per heavy atom. The van der Waals surface area contributed by atoms with Crippen molar-refractivity contribution in [1.82, 2.24) is 5.32 Å². The molecule has 14 heavy (non-hydrogen) atoms. The number of nitrogens with one attached hydrogen (secondary N) is 1. The Morgan fingerprint density at radius 3 is 2.36 bits per heavy atom. The molecule has 1 aliphatic rings. The number of hydrogen-bond donors (Lipinski definition) is 1. The van der Waals surface area contributed by atoms with Gasteiger partial charge >= 0.3 is 6.09 Å². The molecule has 0 bridgehead atoms. The number of nitrogens with zero attached hydrogens (tertiary/aromatic N) is 1. The van der Waals surface area contributed by atoms with E-state index in [9.17, 15) is 4.79 Å². The van der Waals surface area contributed by atoms with Gasteiger partial charge in [0.15, 0.2) is 0 Å². The van der Waals surface area contributed by atoms with Gasteiger partial charge < -0.3 is 10.1 Å². The molecule has 1 amide bonds. The topological polar surface area (TPSA) is 62.1 Å². The van der Waals surface area contributed by atoms with Gasteiger partial charge in [0.05, 0.1) is 13.2 Å². The highest BCUT2D eigenvalue weighted by Crippen LogP contribution is 2.26. The summed E-state index contributed by atoms with van der Waals surface area (Å²) in [6, 6.07) is 2.21. The first-order valence-electron chi connectivity index (χ1n) is 5.00. The van der Waals surface area contributed by atoms with E-state index in [4.69, 9.17) is 5.26 Å². The van der Waals surface area contributed by atoms with Gasteiger partial charge in [0.25, 0.3) is 0 Å². The molecule has 0 atom stereocenters. The predicted octanol–water partition coefficient (Wildman–Crippen LogP) is 1.96. The fraction of sp³-hybridized carbons (Fsp3) is 0.800. The van der Waals surface area contributed by atoms with Crippen molar-refractivity contribution in [3.63, 3.8) is 0 Å². The molecule has 1 fully saturated rings. The van der Waals surface area contributed by atoms with E-state index in [0.29, 0.717) is 0 Å². The molecular formula is C10H16N2O2. The van der Waals surface area contributed by atoms with Gasteiger partial charge in [-0.3, -0.25) is 0 Å². The fourth-order valence-electron chi connectivity index (χ4n) is 1.84. The Bertz CT molecular complexity index is 237. The Kier molecular flexibility index (Phi) is 3.75. The normalized spacial score (nSPS) is 20.3. The van der Waals surface area contributed by atoms with Crippen LogP contribution in [0.4, 0.5) is 4.79 Å². The number of methoxy groups -OCH3 is 1. The highest BCUT2D eigenvalue weighted by atomic mass is 16.5. The lowest BCUT2D eigenvalue weighted by Gasteiger charge is -2.25. The summed E-state index contributed by atoms with van der Waals surface area (Å²) in [6.45, 7) is 0. The van der Waals surface area contributed by atoms with Crippen LogP contribution in [0, 0.1) is 11.3 Å². The van der Waals surface area contributed by atoms with Crippen LogP contribution in [0.25, 0.3) is 0 Å². The number of nitriles is 1. The van der Waals surface area contributed by atoms with E-state index in [1.807, 2.05) is 0 Å². The lowest BCUT2D eigenvalue weighted by molar-refractivity contribution is 0.159. The number of ether oxygens (including phenoxy) is 1. The Balaban J connectivity index is 2.64. The van der Waals surface area contributed by atoms with Gasteiger partial charge in [-0.1, -0.05) is 25.7 Å². The standard InChI is InChI=1S/C10H16N2O2/c1-14-9(13)12-10(8-11)6-4-2-3-5-7-10/h2-7H2,1H3,(H,12,13). The average Bonchev–Trinajstić information content (AvgIpc) is 2.44. The summed E-state index contributed by atoms with van der Waals surface area (Å²) in [7, 11) is 1.32. The number of amides is 1. The minimum absolute atomic E-state index is 0.506. The molecule has 0 unspecified atom stereocenters. The zero-order valence-electron chi connectivity index (χ0n) is 8.51. The van der Waals surface area contributed by atoms with Crippen LogP contribution in [0.5, 0.6) is 0 Å². The Labute approximate surface area is 84.2 Å². The van der Waals surface area contributed by atoms with E-state index in [1.165, 1.54) is 7.11 Å². The molecule has 1 aliphatic carbocycles. The zero-order valence-corrected chi connectivity index (χ0v) is 8.51. The van der Waals surface area contributed by atoms with E-state index in [-0.39, 0.29) is 0 Å².